The molecule has 1 aliphatic rings. The Morgan fingerprint density at radius 2 is 2.19 bits per heavy atom. The molecule has 3 N–H and O–H groups in total. The molecule has 94 valence electrons. The quantitative estimate of drug-likeness (QED) is 0.719. The van der Waals surface area contributed by atoms with E-state index >= 15 is 0 Å². The molecular formula is C9H15F3N2O2. The third-order valence-corrected chi connectivity index (χ3v) is 2.96. The van der Waals surface area contributed by atoms with E-state index < -0.39 is 36.7 Å². The number of alkyl halides is 3. The van der Waals surface area contributed by atoms with Crippen LogP contribution in [0.15, 0.2) is 0 Å². The molecule has 1 fully saturated rings. The molecule has 1 heterocycles. The number of halogens is 3. The van der Waals surface area contributed by atoms with Gasteiger partial charge < -0.3 is 15.7 Å². The molecule has 0 radical (unpaired) electrons. The summed E-state index contributed by atoms with van der Waals surface area (Å²) in [6.45, 7) is -0.0953. The van der Waals surface area contributed by atoms with E-state index in [2.05, 4.69) is 0 Å². The van der Waals surface area contributed by atoms with Crippen molar-refractivity contribution < 1.29 is 23.1 Å². The number of carbonyl (C=O) groups excluding carboxylic acids is 1. The molecule has 16 heavy (non-hydrogen) atoms. The van der Waals surface area contributed by atoms with Gasteiger partial charge in [-0.15, -0.1) is 0 Å². The summed E-state index contributed by atoms with van der Waals surface area (Å²) in [4.78, 5) is 12.5. The lowest BCUT2D eigenvalue weighted by Gasteiger charge is -2.29. The van der Waals surface area contributed by atoms with Crippen molar-refractivity contribution in [2.75, 3.05) is 19.7 Å². The first-order valence-corrected chi connectivity index (χ1v) is 4.95. The largest absolute Gasteiger partial charge is 0.398 e. The smallest absolute Gasteiger partial charge is 0.395 e. The topological polar surface area (TPSA) is 66.6 Å². The third kappa shape index (κ3) is 2.15. The van der Waals surface area contributed by atoms with Gasteiger partial charge >= 0.3 is 6.18 Å². The highest BCUT2D eigenvalue weighted by molar-refractivity contribution is 5.81. The number of hydrogen-bond acceptors (Lipinski definition) is 3. The van der Waals surface area contributed by atoms with Crippen LogP contribution in [0.1, 0.15) is 13.3 Å². The van der Waals surface area contributed by atoms with Gasteiger partial charge in [0.05, 0.1) is 12.6 Å². The van der Waals surface area contributed by atoms with Crippen molar-refractivity contribution in [2.45, 2.75) is 25.6 Å². The molecule has 4 nitrogen and oxygen atoms in total. The Morgan fingerprint density at radius 3 is 2.50 bits per heavy atom. The Hall–Kier alpha value is -0.820. The molecule has 0 aliphatic carbocycles. The van der Waals surface area contributed by atoms with Gasteiger partial charge in [0.15, 0.2) is 0 Å². The highest BCUT2D eigenvalue weighted by Crippen LogP contribution is 2.45. The maximum atomic E-state index is 12.7. The van der Waals surface area contributed by atoms with Crippen molar-refractivity contribution in [3.63, 3.8) is 0 Å². The van der Waals surface area contributed by atoms with E-state index in [1.54, 1.807) is 0 Å². The van der Waals surface area contributed by atoms with E-state index in [0.717, 1.165) is 4.90 Å². The minimum Gasteiger partial charge on any atom is -0.395 e. The molecule has 7 heteroatoms. The van der Waals surface area contributed by atoms with Crippen molar-refractivity contribution >= 4 is 5.91 Å². The number of nitrogens with two attached hydrogens (primary N) is 1. The van der Waals surface area contributed by atoms with Gasteiger partial charge in [0.2, 0.25) is 5.91 Å². The predicted octanol–water partition coefficient (Wildman–Crippen LogP) is 0.107. The van der Waals surface area contributed by atoms with Crippen LogP contribution in [0.2, 0.25) is 0 Å². The van der Waals surface area contributed by atoms with Crippen molar-refractivity contribution in [3.8, 4) is 0 Å². The Bertz CT molecular complexity index is 280. The van der Waals surface area contributed by atoms with Crippen LogP contribution in [0.4, 0.5) is 13.2 Å². The van der Waals surface area contributed by atoms with Crippen LogP contribution in [0.5, 0.6) is 0 Å². The van der Waals surface area contributed by atoms with Gasteiger partial charge in [-0.25, -0.2) is 0 Å². The highest BCUT2D eigenvalue weighted by Gasteiger charge is 2.58. The molecule has 0 saturated carbocycles. The van der Waals surface area contributed by atoms with Crippen molar-refractivity contribution in [3.05, 3.63) is 0 Å². The summed E-state index contributed by atoms with van der Waals surface area (Å²) >= 11 is 0. The minimum atomic E-state index is -4.51. The van der Waals surface area contributed by atoms with E-state index in [4.69, 9.17) is 10.8 Å². The summed E-state index contributed by atoms with van der Waals surface area (Å²) in [5, 5.41) is 8.90. The first-order chi connectivity index (χ1) is 7.23. The van der Waals surface area contributed by atoms with Crippen LogP contribution in [-0.2, 0) is 4.79 Å². The van der Waals surface area contributed by atoms with E-state index in [9.17, 15) is 18.0 Å². The van der Waals surface area contributed by atoms with Gasteiger partial charge in [-0.2, -0.15) is 13.2 Å². The maximum Gasteiger partial charge on any atom is 0.398 e. The Balaban J connectivity index is 2.80. The van der Waals surface area contributed by atoms with E-state index in [1.807, 2.05) is 0 Å². The van der Waals surface area contributed by atoms with Crippen LogP contribution >= 0.6 is 0 Å². The summed E-state index contributed by atoms with van der Waals surface area (Å²) in [6, 6.07) is -0.817. The van der Waals surface area contributed by atoms with E-state index in [0.29, 0.717) is 0 Å². The molecular weight excluding hydrogens is 225 g/mol. The number of aliphatic hydroxyl groups excluding tert-OH is 1. The second-order valence-electron chi connectivity index (χ2n) is 4.23. The van der Waals surface area contributed by atoms with Gasteiger partial charge in [0.1, 0.15) is 5.41 Å². The molecule has 1 rings (SSSR count). The zero-order chi connectivity index (χ0) is 12.6. The SMILES string of the molecule is C[C@H](N)C(=O)N1CC[C@](CO)(C(F)(F)F)C1. The fourth-order valence-corrected chi connectivity index (χ4v) is 1.80. The van der Waals surface area contributed by atoms with Crippen molar-refractivity contribution in [1.29, 1.82) is 0 Å². The Morgan fingerprint density at radius 1 is 1.62 bits per heavy atom. The lowest BCUT2D eigenvalue weighted by Crippen LogP contribution is -2.47. The Labute approximate surface area is 91.2 Å². The Kier molecular flexibility index (Phi) is 3.49. The van der Waals surface area contributed by atoms with Crippen molar-refractivity contribution in [1.82, 2.24) is 4.90 Å². The number of carbonyl (C=O) groups is 1. The fraction of sp³-hybridized carbons (Fsp3) is 0.889. The second kappa shape index (κ2) is 4.21. The van der Waals surface area contributed by atoms with E-state index in [-0.39, 0.29) is 13.0 Å². The summed E-state index contributed by atoms with van der Waals surface area (Å²) in [5.74, 6) is -0.514. The zero-order valence-corrected chi connectivity index (χ0v) is 8.92. The van der Waals surface area contributed by atoms with Crippen LogP contribution in [0.25, 0.3) is 0 Å². The summed E-state index contributed by atoms with van der Waals surface area (Å²) in [5.41, 5.74) is 3.14. The molecule has 1 aliphatic heterocycles. The monoisotopic (exact) mass is 240 g/mol. The molecule has 2 atom stereocenters. The van der Waals surface area contributed by atoms with Gasteiger partial charge in [-0.1, -0.05) is 0 Å². The van der Waals surface area contributed by atoms with Gasteiger partial charge in [0, 0.05) is 13.1 Å². The number of aliphatic hydroxyl groups is 1. The van der Waals surface area contributed by atoms with Crippen LogP contribution in [0.3, 0.4) is 0 Å². The second-order valence-corrected chi connectivity index (χ2v) is 4.23. The summed E-state index contributed by atoms with van der Waals surface area (Å²) in [7, 11) is 0. The normalized spacial score (nSPS) is 28.2. The number of amides is 1. The molecule has 1 amide bonds. The molecule has 1 saturated heterocycles. The van der Waals surface area contributed by atoms with Gasteiger partial charge in [0.25, 0.3) is 0 Å². The predicted molar refractivity (Wildman–Crippen MR) is 50.4 cm³/mol. The van der Waals surface area contributed by atoms with Gasteiger partial charge in [-0.3, -0.25) is 4.79 Å². The van der Waals surface area contributed by atoms with Crippen LogP contribution in [-0.4, -0.2) is 47.8 Å². The molecule has 0 aromatic carbocycles. The molecule has 0 aromatic rings. The zero-order valence-electron chi connectivity index (χ0n) is 8.92. The van der Waals surface area contributed by atoms with Crippen LogP contribution < -0.4 is 5.73 Å². The number of hydrogen-bond donors (Lipinski definition) is 2. The lowest BCUT2D eigenvalue weighted by molar-refractivity contribution is -0.230. The number of likely N-dealkylation sites (tertiary alicyclic amines) is 1. The highest BCUT2D eigenvalue weighted by atomic mass is 19.4. The van der Waals surface area contributed by atoms with Crippen LogP contribution in [0, 0.1) is 5.41 Å². The lowest BCUT2D eigenvalue weighted by atomic mass is 9.87. The number of nitrogens with zero attached hydrogens (tertiary/aromatic N) is 1. The molecule has 0 aromatic heterocycles. The summed E-state index contributed by atoms with van der Waals surface area (Å²) < 4.78 is 38.2. The van der Waals surface area contributed by atoms with E-state index in [1.165, 1.54) is 6.92 Å². The summed E-state index contributed by atoms with van der Waals surface area (Å²) in [6.07, 6.45) is -4.78. The average Bonchev–Trinajstić information content (AvgIpc) is 2.60. The van der Waals surface area contributed by atoms with Crippen molar-refractivity contribution in [2.24, 2.45) is 11.1 Å². The third-order valence-electron chi connectivity index (χ3n) is 2.96. The molecule has 0 spiro atoms. The maximum absolute atomic E-state index is 12.7. The number of rotatable bonds is 2. The first kappa shape index (κ1) is 13.2. The standard InChI is InChI=1S/C9H15F3N2O2/c1-6(13)7(16)14-3-2-8(4-14,5-15)9(10,11)12/h6,15H,2-5,13H2,1H3/t6-,8-/m0/s1. The van der Waals surface area contributed by atoms with Gasteiger partial charge in [-0.05, 0) is 13.3 Å². The first-order valence-electron chi connectivity index (χ1n) is 4.95. The minimum absolute atomic E-state index is 0.0134. The molecule has 0 unspecified atom stereocenters. The fourth-order valence-electron chi connectivity index (χ4n) is 1.80. The average molecular weight is 240 g/mol. The molecule has 0 bridgehead atoms.